The first-order chi connectivity index (χ1) is 10.3. The number of aromatic nitrogens is 2. The Labute approximate surface area is 129 Å². The molecular weight excluding hydrogens is 280 g/mol. The lowest BCUT2D eigenvalue weighted by Gasteiger charge is -2.38. The molecule has 0 spiro atoms. The van der Waals surface area contributed by atoms with E-state index in [1.165, 1.54) is 37.1 Å². The van der Waals surface area contributed by atoms with Crippen LogP contribution in [0.15, 0.2) is 24.5 Å². The lowest BCUT2D eigenvalue weighted by Crippen LogP contribution is -2.42. The zero-order valence-corrected chi connectivity index (χ0v) is 12.9. The zero-order chi connectivity index (χ0) is 14.2. The fraction of sp³-hybridized carbons (Fsp3) is 0.500. The summed E-state index contributed by atoms with van der Waals surface area (Å²) in [7, 11) is 0. The predicted octanol–water partition coefficient (Wildman–Crippen LogP) is 3.56. The third-order valence-electron chi connectivity index (χ3n) is 4.92. The highest BCUT2D eigenvalue weighted by molar-refractivity contribution is 7.11. The molecule has 0 aromatic carbocycles. The highest BCUT2D eigenvalue weighted by Crippen LogP contribution is 2.45. The van der Waals surface area contributed by atoms with E-state index in [0.717, 1.165) is 23.6 Å². The fourth-order valence-corrected chi connectivity index (χ4v) is 4.91. The van der Waals surface area contributed by atoms with Gasteiger partial charge in [-0.25, -0.2) is 0 Å². The minimum Gasteiger partial charge on any atom is -0.382 e. The second-order valence-electron chi connectivity index (χ2n) is 6.08. The summed E-state index contributed by atoms with van der Waals surface area (Å²) in [5.74, 6) is 1.52. The molecule has 2 atom stereocenters. The first kappa shape index (κ1) is 13.1. The van der Waals surface area contributed by atoms with Crippen molar-refractivity contribution in [2.24, 2.45) is 5.92 Å². The third kappa shape index (κ3) is 2.20. The average Bonchev–Trinajstić information content (AvgIpc) is 3.14. The van der Waals surface area contributed by atoms with Gasteiger partial charge >= 0.3 is 0 Å². The number of hydrogen-bond donors (Lipinski definition) is 1. The van der Waals surface area contributed by atoms with Crippen LogP contribution in [0.2, 0.25) is 0 Å². The molecule has 2 fully saturated rings. The van der Waals surface area contributed by atoms with Crippen molar-refractivity contribution >= 4 is 22.4 Å². The number of anilines is 2. The molecule has 1 saturated carbocycles. The maximum absolute atomic E-state index is 6.17. The van der Waals surface area contributed by atoms with E-state index >= 15 is 0 Å². The summed E-state index contributed by atoms with van der Waals surface area (Å²) in [6.45, 7) is 1.14. The Balaban J connectivity index is 1.76. The van der Waals surface area contributed by atoms with E-state index in [9.17, 15) is 0 Å². The molecule has 2 aromatic rings. The van der Waals surface area contributed by atoms with Crippen molar-refractivity contribution in [2.75, 3.05) is 17.2 Å². The van der Waals surface area contributed by atoms with Crippen LogP contribution in [-0.4, -0.2) is 21.9 Å². The number of nitrogens with two attached hydrogens (primary N) is 1. The normalized spacial score (nSPS) is 25.0. The SMILES string of the molecule is Nc1nsc(N2CCCC3CCCC32)c1-c1ccncc1. The van der Waals surface area contributed by atoms with Gasteiger partial charge in [-0.15, -0.1) is 0 Å². The monoisotopic (exact) mass is 300 g/mol. The van der Waals surface area contributed by atoms with Crippen molar-refractivity contribution in [2.45, 2.75) is 38.1 Å². The van der Waals surface area contributed by atoms with E-state index in [2.05, 4.69) is 14.3 Å². The summed E-state index contributed by atoms with van der Waals surface area (Å²) in [5.41, 5.74) is 8.41. The van der Waals surface area contributed by atoms with Gasteiger partial charge in [0.1, 0.15) is 10.8 Å². The van der Waals surface area contributed by atoms with Crippen LogP contribution in [0.1, 0.15) is 32.1 Å². The van der Waals surface area contributed by atoms with Gasteiger partial charge in [0.2, 0.25) is 0 Å². The maximum atomic E-state index is 6.17. The van der Waals surface area contributed by atoms with Gasteiger partial charge in [0, 0.05) is 25.0 Å². The summed E-state index contributed by atoms with van der Waals surface area (Å²) in [6.07, 6.45) is 10.4. The molecule has 0 bridgehead atoms. The number of hydrogen-bond acceptors (Lipinski definition) is 5. The third-order valence-corrected chi connectivity index (χ3v) is 5.82. The molecule has 0 radical (unpaired) electrons. The van der Waals surface area contributed by atoms with E-state index in [-0.39, 0.29) is 0 Å². The number of nitrogen functional groups attached to an aromatic ring is 1. The summed E-state index contributed by atoms with van der Waals surface area (Å²) in [6, 6.07) is 4.75. The van der Waals surface area contributed by atoms with Crippen molar-refractivity contribution < 1.29 is 0 Å². The van der Waals surface area contributed by atoms with Crippen molar-refractivity contribution in [3.63, 3.8) is 0 Å². The first-order valence-electron chi connectivity index (χ1n) is 7.77. The van der Waals surface area contributed by atoms with Crippen LogP contribution < -0.4 is 10.6 Å². The molecule has 3 heterocycles. The van der Waals surface area contributed by atoms with Crippen LogP contribution in [0.3, 0.4) is 0 Å². The van der Waals surface area contributed by atoms with Gasteiger partial charge in [-0.1, -0.05) is 6.42 Å². The van der Waals surface area contributed by atoms with Gasteiger partial charge in [-0.05, 0) is 60.8 Å². The molecule has 5 heteroatoms. The number of fused-ring (bicyclic) bond motifs is 1. The average molecular weight is 300 g/mol. The summed E-state index contributed by atoms with van der Waals surface area (Å²) in [4.78, 5) is 6.70. The Morgan fingerprint density at radius 3 is 2.81 bits per heavy atom. The van der Waals surface area contributed by atoms with Gasteiger partial charge in [-0.2, -0.15) is 4.37 Å². The second-order valence-corrected chi connectivity index (χ2v) is 6.83. The van der Waals surface area contributed by atoms with E-state index in [4.69, 9.17) is 5.73 Å². The molecule has 1 saturated heterocycles. The van der Waals surface area contributed by atoms with Crippen molar-refractivity contribution in [3.8, 4) is 11.1 Å². The number of nitrogens with zero attached hydrogens (tertiary/aromatic N) is 3. The topological polar surface area (TPSA) is 55.0 Å². The molecule has 2 aliphatic rings. The summed E-state index contributed by atoms with van der Waals surface area (Å²) >= 11 is 1.56. The van der Waals surface area contributed by atoms with Crippen molar-refractivity contribution in [3.05, 3.63) is 24.5 Å². The largest absolute Gasteiger partial charge is 0.382 e. The Morgan fingerprint density at radius 2 is 1.95 bits per heavy atom. The van der Waals surface area contributed by atoms with Crippen LogP contribution in [-0.2, 0) is 0 Å². The van der Waals surface area contributed by atoms with Crippen LogP contribution in [0, 0.1) is 5.92 Å². The molecule has 1 aliphatic heterocycles. The highest BCUT2D eigenvalue weighted by Gasteiger charge is 2.37. The van der Waals surface area contributed by atoms with Gasteiger partial charge in [0.15, 0.2) is 0 Å². The summed E-state index contributed by atoms with van der Waals surface area (Å²) in [5, 5.41) is 1.26. The molecule has 2 N–H and O–H groups in total. The van der Waals surface area contributed by atoms with Crippen molar-refractivity contribution in [1.29, 1.82) is 0 Å². The molecule has 1 aliphatic carbocycles. The molecule has 21 heavy (non-hydrogen) atoms. The molecular formula is C16H20N4S. The van der Waals surface area contributed by atoms with Gasteiger partial charge in [-0.3, -0.25) is 4.98 Å². The molecule has 2 aromatic heterocycles. The summed E-state index contributed by atoms with van der Waals surface area (Å²) < 4.78 is 4.44. The standard InChI is InChI=1S/C16H20N4S/c17-15-14(12-6-8-18-9-7-12)16(21-19-15)20-10-2-4-11-3-1-5-13(11)20/h6-9,11,13H,1-5,10H2,(H2,17,19). The Bertz CT molecular complexity index is 624. The Kier molecular flexibility index (Phi) is 3.30. The van der Waals surface area contributed by atoms with Crippen LogP contribution in [0.4, 0.5) is 10.8 Å². The smallest absolute Gasteiger partial charge is 0.147 e. The molecule has 4 rings (SSSR count). The van der Waals surface area contributed by atoms with Gasteiger partial charge in [0.05, 0.1) is 5.56 Å². The van der Waals surface area contributed by atoms with E-state index in [1.807, 2.05) is 24.5 Å². The lowest BCUT2D eigenvalue weighted by atomic mass is 9.92. The van der Waals surface area contributed by atoms with E-state index in [0.29, 0.717) is 11.9 Å². The Morgan fingerprint density at radius 1 is 1.14 bits per heavy atom. The number of pyridine rings is 1. The molecule has 2 unspecified atom stereocenters. The van der Waals surface area contributed by atoms with E-state index in [1.54, 1.807) is 11.5 Å². The first-order valence-corrected chi connectivity index (χ1v) is 8.54. The van der Waals surface area contributed by atoms with Crippen LogP contribution in [0.5, 0.6) is 0 Å². The van der Waals surface area contributed by atoms with Gasteiger partial charge < -0.3 is 10.6 Å². The number of piperidine rings is 1. The highest BCUT2D eigenvalue weighted by atomic mass is 32.1. The maximum Gasteiger partial charge on any atom is 0.147 e. The molecule has 4 nitrogen and oxygen atoms in total. The zero-order valence-electron chi connectivity index (χ0n) is 12.0. The minimum atomic E-state index is 0.654. The van der Waals surface area contributed by atoms with Crippen LogP contribution >= 0.6 is 11.5 Å². The van der Waals surface area contributed by atoms with Gasteiger partial charge in [0.25, 0.3) is 0 Å². The Hall–Kier alpha value is -1.62. The van der Waals surface area contributed by atoms with E-state index < -0.39 is 0 Å². The minimum absolute atomic E-state index is 0.654. The molecule has 110 valence electrons. The second kappa shape index (κ2) is 5.30. The predicted molar refractivity (Wildman–Crippen MR) is 87.5 cm³/mol. The quantitative estimate of drug-likeness (QED) is 0.921. The van der Waals surface area contributed by atoms with Crippen LogP contribution in [0.25, 0.3) is 11.1 Å². The lowest BCUT2D eigenvalue weighted by molar-refractivity contribution is 0.364. The molecule has 0 amide bonds. The fourth-order valence-electron chi connectivity index (χ4n) is 3.99. The number of rotatable bonds is 2. The van der Waals surface area contributed by atoms with Crippen molar-refractivity contribution in [1.82, 2.24) is 9.36 Å².